The Labute approximate surface area is 131 Å². The second kappa shape index (κ2) is 6.60. The number of nitrogens with one attached hydrogen (secondary N) is 1. The zero-order valence-electron chi connectivity index (χ0n) is 11.1. The molecule has 3 N–H and O–H groups in total. The van der Waals surface area contributed by atoms with Crippen LogP contribution in [0.5, 0.6) is 5.75 Å². The van der Waals surface area contributed by atoms with E-state index in [1.165, 1.54) is 12.1 Å². The van der Waals surface area contributed by atoms with Gasteiger partial charge in [0, 0.05) is 11.6 Å². The fourth-order valence-corrected chi connectivity index (χ4v) is 2.03. The number of aromatic nitrogens is 2. The fraction of sp³-hybridized carbons (Fsp3) is 0.154. The molecule has 0 radical (unpaired) electrons. The molecule has 8 heteroatoms. The van der Waals surface area contributed by atoms with Crippen molar-refractivity contribution in [3.05, 3.63) is 40.3 Å². The van der Waals surface area contributed by atoms with Crippen molar-refractivity contribution in [2.24, 2.45) is 0 Å². The first-order chi connectivity index (χ1) is 9.99. The summed E-state index contributed by atoms with van der Waals surface area (Å²) in [5.41, 5.74) is 6.55. The molecule has 0 aliphatic heterocycles. The number of nitrogen functional groups attached to an aromatic ring is 1. The molecule has 2 rings (SSSR count). The minimum absolute atomic E-state index is 0.0518. The number of hydrogen-bond acceptors (Lipinski definition) is 5. The summed E-state index contributed by atoms with van der Waals surface area (Å²) in [4.78, 5) is 19.6. The lowest BCUT2D eigenvalue weighted by Gasteiger charge is -2.09. The highest BCUT2D eigenvalue weighted by atomic mass is 35.5. The summed E-state index contributed by atoms with van der Waals surface area (Å²) in [5, 5.41) is 2.65. The van der Waals surface area contributed by atoms with Crippen LogP contribution in [-0.2, 0) is 0 Å². The number of hydrogen-bond donors (Lipinski definition) is 2. The Balaban J connectivity index is 2.18. The van der Waals surface area contributed by atoms with Crippen molar-refractivity contribution < 1.29 is 9.53 Å². The van der Waals surface area contributed by atoms with Crippen LogP contribution in [0, 0.1) is 0 Å². The smallest absolute Gasteiger partial charge is 0.256 e. The van der Waals surface area contributed by atoms with E-state index in [4.69, 9.17) is 33.7 Å². The quantitative estimate of drug-likeness (QED) is 0.512. The highest BCUT2D eigenvalue weighted by Crippen LogP contribution is 2.23. The molecule has 1 heterocycles. The molecule has 0 spiro atoms. The van der Waals surface area contributed by atoms with E-state index in [2.05, 4.69) is 15.3 Å². The molecule has 0 saturated carbocycles. The number of rotatable bonds is 4. The molecule has 0 unspecified atom stereocenters. The van der Waals surface area contributed by atoms with Crippen LogP contribution in [-0.4, -0.2) is 22.5 Å². The first-order valence-electron chi connectivity index (χ1n) is 6.03. The molecule has 1 aromatic carbocycles. The van der Waals surface area contributed by atoms with Crippen LogP contribution in [0.2, 0.25) is 10.4 Å². The number of carbonyl (C=O) groups is 1. The fourth-order valence-electron chi connectivity index (χ4n) is 1.62. The molecule has 1 aromatic heterocycles. The largest absolute Gasteiger partial charge is 0.492 e. The number of halogens is 2. The Kier molecular flexibility index (Phi) is 4.82. The predicted molar refractivity (Wildman–Crippen MR) is 82.0 cm³/mol. The Morgan fingerprint density at radius 1 is 1.33 bits per heavy atom. The standard InChI is InChI=1S/C13H12Cl2N4O2/c1-2-21-9-4-3-7(5-8(9)16)12(20)18-11-6-10(14)17-13(15)19-11/h3-6H,2,16H2,1H3,(H,17,18,19,20). The van der Waals surface area contributed by atoms with Gasteiger partial charge in [-0.25, -0.2) is 9.97 Å². The number of ether oxygens (including phenoxy) is 1. The first-order valence-corrected chi connectivity index (χ1v) is 6.79. The monoisotopic (exact) mass is 326 g/mol. The van der Waals surface area contributed by atoms with E-state index in [0.29, 0.717) is 23.6 Å². The average molecular weight is 327 g/mol. The van der Waals surface area contributed by atoms with Gasteiger partial charge in [0.2, 0.25) is 5.28 Å². The lowest BCUT2D eigenvalue weighted by Crippen LogP contribution is -2.13. The average Bonchev–Trinajstić information content (AvgIpc) is 2.40. The lowest BCUT2D eigenvalue weighted by atomic mass is 10.1. The van der Waals surface area contributed by atoms with Crippen LogP contribution in [0.15, 0.2) is 24.3 Å². The van der Waals surface area contributed by atoms with E-state index in [1.54, 1.807) is 12.1 Å². The summed E-state index contributed by atoms with van der Waals surface area (Å²) in [7, 11) is 0. The minimum Gasteiger partial charge on any atom is -0.492 e. The maximum absolute atomic E-state index is 12.1. The summed E-state index contributed by atoms with van der Waals surface area (Å²) >= 11 is 11.4. The number of nitrogens with two attached hydrogens (primary N) is 1. The van der Waals surface area contributed by atoms with Gasteiger partial charge >= 0.3 is 0 Å². The van der Waals surface area contributed by atoms with Crippen molar-refractivity contribution >= 4 is 40.6 Å². The van der Waals surface area contributed by atoms with Gasteiger partial charge < -0.3 is 15.8 Å². The van der Waals surface area contributed by atoms with Crippen molar-refractivity contribution in [3.63, 3.8) is 0 Å². The number of nitrogens with zero attached hydrogens (tertiary/aromatic N) is 2. The molecular weight excluding hydrogens is 315 g/mol. The minimum atomic E-state index is -0.393. The molecule has 21 heavy (non-hydrogen) atoms. The van der Waals surface area contributed by atoms with Gasteiger partial charge in [-0.3, -0.25) is 4.79 Å². The predicted octanol–water partition coefficient (Wildman–Crippen LogP) is 3.02. The van der Waals surface area contributed by atoms with Gasteiger partial charge in [0.15, 0.2) is 0 Å². The van der Waals surface area contributed by atoms with Crippen molar-refractivity contribution in [3.8, 4) is 5.75 Å². The Bertz CT molecular complexity index is 659. The summed E-state index contributed by atoms with van der Waals surface area (Å²) in [5.74, 6) is 0.343. The van der Waals surface area contributed by atoms with E-state index < -0.39 is 5.91 Å². The highest BCUT2D eigenvalue weighted by Gasteiger charge is 2.11. The highest BCUT2D eigenvalue weighted by molar-refractivity contribution is 6.32. The topological polar surface area (TPSA) is 90.1 Å². The van der Waals surface area contributed by atoms with E-state index >= 15 is 0 Å². The number of benzene rings is 1. The third-order valence-corrected chi connectivity index (χ3v) is 2.84. The number of amides is 1. The van der Waals surface area contributed by atoms with Crippen molar-refractivity contribution in [2.45, 2.75) is 6.92 Å². The van der Waals surface area contributed by atoms with E-state index in [9.17, 15) is 4.79 Å². The lowest BCUT2D eigenvalue weighted by molar-refractivity contribution is 0.102. The molecule has 1 amide bonds. The third-order valence-electron chi connectivity index (χ3n) is 2.48. The van der Waals surface area contributed by atoms with Crippen LogP contribution in [0.25, 0.3) is 0 Å². The van der Waals surface area contributed by atoms with Gasteiger partial charge in [-0.1, -0.05) is 11.6 Å². The molecule has 0 fully saturated rings. The second-order valence-electron chi connectivity index (χ2n) is 3.98. The van der Waals surface area contributed by atoms with Gasteiger partial charge in [0.25, 0.3) is 5.91 Å². The molecule has 110 valence electrons. The number of carbonyl (C=O) groups excluding carboxylic acids is 1. The maximum Gasteiger partial charge on any atom is 0.256 e. The normalized spacial score (nSPS) is 10.2. The summed E-state index contributed by atoms with van der Waals surface area (Å²) in [6.07, 6.45) is 0. The van der Waals surface area contributed by atoms with Gasteiger partial charge in [0.1, 0.15) is 16.7 Å². The Morgan fingerprint density at radius 2 is 2.10 bits per heavy atom. The van der Waals surface area contributed by atoms with Crippen LogP contribution in [0.4, 0.5) is 11.5 Å². The van der Waals surface area contributed by atoms with Gasteiger partial charge in [0.05, 0.1) is 12.3 Å². The first kappa shape index (κ1) is 15.3. The van der Waals surface area contributed by atoms with Crippen molar-refractivity contribution in [1.82, 2.24) is 9.97 Å². The van der Waals surface area contributed by atoms with Gasteiger partial charge in [-0.2, -0.15) is 0 Å². The van der Waals surface area contributed by atoms with Crippen LogP contribution in [0.3, 0.4) is 0 Å². The molecule has 0 aliphatic carbocycles. The van der Waals surface area contributed by atoms with Crippen LogP contribution >= 0.6 is 23.2 Å². The number of anilines is 2. The molecule has 6 nitrogen and oxygen atoms in total. The summed E-state index contributed by atoms with van der Waals surface area (Å²) in [6.45, 7) is 2.34. The molecule has 0 saturated heterocycles. The van der Waals surface area contributed by atoms with E-state index in [1.807, 2.05) is 6.92 Å². The van der Waals surface area contributed by atoms with Crippen LogP contribution in [0.1, 0.15) is 17.3 Å². The summed E-state index contributed by atoms with van der Waals surface area (Å²) < 4.78 is 5.31. The molecular formula is C13H12Cl2N4O2. The Hall–Kier alpha value is -2.05. The summed E-state index contributed by atoms with van der Waals surface area (Å²) in [6, 6.07) is 6.14. The van der Waals surface area contributed by atoms with Gasteiger partial charge in [-0.15, -0.1) is 0 Å². The van der Waals surface area contributed by atoms with E-state index in [0.717, 1.165) is 0 Å². The zero-order chi connectivity index (χ0) is 15.4. The second-order valence-corrected chi connectivity index (χ2v) is 4.71. The SMILES string of the molecule is CCOc1ccc(C(=O)Nc2cc(Cl)nc(Cl)n2)cc1N. The Morgan fingerprint density at radius 3 is 2.71 bits per heavy atom. The van der Waals surface area contributed by atoms with Crippen molar-refractivity contribution in [1.29, 1.82) is 0 Å². The van der Waals surface area contributed by atoms with Crippen LogP contribution < -0.4 is 15.8 Å². The zero-order valence-corrected chi connectivity index (χ0v) is 12.6. The third kappa shape index (κ3) is 3.96. The molecule has 0 aliphatic rings. The molecule has 2 aromatic rings. The molecule has 0 atom stereocenters. The maximum atomic E-state index is 12.1. The van der Waals surface area contributed by atoms with E-state index in [-0.39, 0.29) is 16.3 Å². The molecule has 0 bridgehead atoms. The van der Waals surface area contributed by atoms with Crippen molar-refractivity contribution in [2.75, 3.05) is 17.7 Å². The van der Waals surface area contributed by atoms with Gasteiger partial charge in [-0.05, 0) is 36.7 Å².